The molecule has 2 N–H and O–H groups in total. The smallest absolute Gasteiger partial charge is 0.550 e. The molecule has 1 saturated heterocycles. The zero-order chi connectivity index (χ0) is 17.6. The Labute approximate surface area is 172 Å². The maximum absolute atomic E-state index is 11.0. The van der Waals surface area contributed by atoms with Crippen molar-refractivity contribution in [3.8, 4) is 5.75 Å². The molecule has 6 heteroatoms. The number of hydrogen-bond acceptors (Lipinski definition) is 5. The van der Waals surface area contributed by atoms with Crippen LogP contribution in [0.5, 0.6) is 5.75 Å². The number of anilines is 1. The number of ether oxygens (including phenoxy) is 1. The fourth-order valence-corrected chi connectivity index (χ4v) is 4.11. The first kappa shape index (κ1) is 20.6. The number of carbonyl (C=O) groups is 1. The van der Waals surface area contributed by atoms with Crippen LogP contribution < -0.4 is 45.1 Å². The predicted octanol–water partition coefficient (Wildman–Crippen LogP) is -1.65. The molecule has 2 aliphatic rings. The van der Waals surface area contributed by atoms with Gasteiger partial charge in [-0.05, 0) is 70.3 Å². The summed E-state index contributed by atoms with van der Waals surface area (Å²) in [5, 5.41) is 11.0. The van der Waals surface area contributed by atoms with E-state index < -0.39 is 5.97 Å². The maximum Gasteiger partial charge on any atom is 1.00 e. The standard InChI is InChI=1S/C19H28N2O3.Na/c1-11-12(2)17-15(13(3)16(11)20)9-19(4,24-17)10-21-7-5-14(6-8-21)18(22)23;/h14H,5-10,20H2,1-4H3,(H,22,23);/q;+1/p-1. The first-order valence-corrected chi connectivity index (χ1v) is 8.72. The van der Waals surface area contributed by atoms with Crippen molar-refractivity contribution < 1.29 is 44.2 Å². The average molecular weight is 354 g/mol. The van der Waals surface area contributed by atoms with Crippen molar-refractivity contribution >= 4 is 11.7 Å². The number of carboxylic acids is 1. The second-order valence-corrected chi connectivity index (χ2v) is 7.69. The van der Waals surface area contributed by atoms with E-state index in [1.165, 1.54) is 5.56 Å². The van der Waals surface area contributed by atoms with E-state index >= 15 is 0 Å². The summed E-state index contributed by atoms with van der Waals surface area (Å²) in [4.78, 5) is 13.3. The van der Waals surface area contributed by atoms with E-state index in [1.807, 2.05) is 6.92 Å². The Morgan fingerprint density at radius 1 is 1.24 bits per heavy atom. The molecule has 1 atom stereocenters. The number of nitrogens with two attached hydrogens (primary N) is 1. The molecule has 2 heterocycles. The van der Waals surface area contributed by atoms with Gasteiger partial charge in [0.25, 0.3) is 0 Å². The van der Waals surface area contributed by atoms with Crippen molar-refractivity contribution in [1.82, 2.24) is 4.90 Å². The summed E-state index contributed by atoms with van der Waals surface area (Å²) in [5.74, 6) is -0.225. The molecule has 132 valence electrons. The van der Waals surface area contributed by atoms with Gasteiger partial charge < -0.3 is 20.4 Å². The minimum Gasteiger partial charge on any atom is -0.550 e. The molecule has 0 saturated carbocycles. The van der Waals surface area contributed by atoms with Crippen LogP contribution in [0.15, 0.2) is 0 Å². The Balaban J connectivity index is 0.00000225. The van der Waals surface area contributed by atoms with E-state index in [2.05, 4.69) is 25.7 Å². The average Bonchev–Trinajstić information content (AvgIpc) is 2.89. The Kier molecular flexibility index (Phi) is 6.14. The minimum absolute atomic E-state index is 0. The van der Waals surface area contributed by atoms with Crippen LogP contribution >= 0.6 is 0 Å². The SMILES string of the molecule is Cc1c(C)c2c(c(C)c1N)CC(C)(CN1CCC(C(=O)[O-])CC1)O2.[Na+]. The summed E-state index contributed by atoms with van der Waals surface area (Å²) in [5.41, 5.74) is 11.4. The number of nitrogens with zero attached hydrogens (tertiary/aromatic N) is 1. The van der Waals surface area contributed by atoms with Gasteiger partial charge in [-0.25, -0.2) is 0 Å². The van der Waals surface area contributed by atoms with Gasteiger partial charge in [-0.15, -0.1) is 0 Å². The monoisotopic (exact) mass is 354 g/mol. The van der Waals surface area contributed by atoms with E-state index in [-0.39, 0.29) is 41.1 Å². The van der Waals surface area contributed by atoms with Gasteiger partial charge in [-0.1, -0.05) is 0 Å². The number of rotatable bonds is 3. The number of fused-ring (bicyclic) bond motifs is 1. The number of aliphatic carboxylic acids is 1. The van der Waals surface area contributed by atoms with Crippen LogP contribution in [0.1, 0.15) is 42.0 Å². The van der Waals surface area contributed by atoms with Crippen LogP contribution in [0, 0.1) is 26.7 Å². The molecule has 5 nitrogen and oxygen atoms in total. The zero-order valence-electron chi connectivity index (χ0n) is 16.1. The Hall–Kier alpha value is -0.750. The van der Waals surface area contributed by atoms with Gasteiger partial charge in [-0.3, -0.25) is 4.90 Å². The predicted molar refractivity (Wildman–Crippen MR) is 92.0 cm³/mol. The fourth-order valence-electron chi connectivity index (χ4n) is 4.11. The number of carbonyl (C=O) groups excluding carboxylic acids is 1. The molecule has 3 rings (SSSR count). The first-order chi connectivity index (χ1) is 11.2. The Bertz CT molecular complexity index is 645. The third-order valence-corrected chi connectivity index (χ3v) is 5.82. The summed E-state index contributed by atoms with van der Waals surface area (Å²) in [7, 11) is 0. The van der Waals surface area contributed by atoms with Gasteiger partial charge in [0, 0.05) is 36.1 Å². The Morgan fingerprint density at radius 3 is 2.40 bits per heavy atom. The van der Waals surface area contributed by atoms with Gasteiger partial charge in [0.15, 0.2) is 0 Å². The van der Waals surface area contributed by atoms with E-state index in [4.69, 9.17) is 10.5 Å². The topological polar surface area (TPSA) is 78.6 Å². The van der Waals surface area contributed by atoms with Gasteiger partial charge in [0.05, 0.1) is 0 Å². The fraction of sp³-hybridized carbons (Fsp3) is 0.632. The van der Waals surface area contributed by atoms with Crippen LogP contribution in [-0.4, -0.2) is 36.1 Å². The molecule has 1 unspecified atom stereocenters. The number of nitrogen functional groups attached to an aromatic ring is 1. The molecule has 0 spiro atoms. The normalized spacial score (nSPS) is 23.7. The summed E-state index contributed by atoms with van der Waals surface area (Å²) < 4.78 is 6.39. The van der Waals surface area contributed by atoms with Crippen molar-refractivity contribution in [2.24, 2.45) is 5.92 Å². The van der Waals surface area contributed by atoms with E-state index in [0.717, 1.165) is 54.2 Å². The number of carboxylic acid groups (broad SMARTS) is 1. The molecule has 25 heavy (non-hydrogen) atoms. The number of piperidine rings is 1. The third kappa shape index (κ3) is 3.85. The van der Waals surface area contributed by atoms with Gasteiger partial charge in [-0.2, -0.15) is 0 Å². The molecule has 0 bridgehead atoms. The molecule has 1 aromatic rings. The van der Waals surface area contributed by atoms with Gasteiger partial charge >= 0.3 is 29.6 Å². The Morgan fingerprint density at radius 2 is 1.84 bits per heavy atom. The summed E-state index contributed by atoms with van der Waals surface area (Å²) in [6, 6.07) is 0. The summed E-state index contributed by atoms with van der Waals surface area (Å²) >= 11 is 0. The molecule has 2 aliphatic heterocycles. The molecule has 1 fully saturated rings. The van der Waals surface area contributed by atoms with Gasteiger partial charge in [0.1, 0.15) is 11.4 Å². The largest absolute Gasteiger partial charge is 1.00 e. The van der Waals surface area contributed by atoms with E-state index in [0.29, 0.717) is 12.8 Å². The summed E-state index contributed by atoms with van der Waals surface area (Å²) in [6.45, 7) is 10.7. The number of benzene rings is 1. The summed E-state index contributed by atoms with van der Waals surface area (Å²) in [6.07, 6.45) is 2.17. The third-order valence-electron chi connectivity index (χ3n) is 5.82. The molecule has 0 aliphatic carbocycles. The van der Waals surface area contributed by atoms with Crippen molar-refractivity contribution in [3.63, 3.8) is 0 Å². The molecule has 0 amide bonds. The number of likely N-dealkylation sites (tertiary alicyclic amines) is 1. The molecule has 1 aromatic carbocycles. The van der Waals surface area contributed by atoms with Crippen LogP contribution in [0.4, 0.5) is 5.69 Å². The maximum atomic E-state index is 11.0. The molecular weight excluding hydrogens is 327 g/mol. The van der Waals surface area contributed by atoms with Crippen molar-refractivity contribution in [1.29, 1.82) is 0 Å². The molecule has 0 aromatic heterocycles. The van der Waals surface area contributed by atoms with Crippen molar-refractivity contribution in [3.05, 3.63) is 22.3 Å². The van der Waals surface area contributed by atoms with Gasteiger partial charge in [0.2, 0.25) is 0 Å². The van der Waals surface area contributed by atoms with Crippen LogP contribution in [0.2, 0.25) is 0 Å². The van der Waals surface area contributed by atoms with Crippen LogP contribution in [-0.2, 0) is 11.2 Å². The number of hydrogen-bond donors (Lipinski definition) is 1. The zero-order valence-corrected chi connectivity index (χ0v) is 18.1. The van der Waals surface area contributed by atoms with Crippen molar-refractivity contribution in [2.45, 2.75) is 52.6 Å². The molecule has 0 radical (unpaired) electrons. The first-order valence-electron chi connectivity index (χ1n) is 8.72. The van der Waals surface area contributed by atoms with E-state index in [1.54, 1.807) is 0 Å². The van der Waals surface area contributed by atoms with Crippen molar-refractivity contribution in [2.75, 3.05) is 25.4 Å². The second-order valence-electron chi connectivity index (χ2n) is 7.69. The minimum atomic E-state index is -0.914. The second kappa shape index (κ2) is 7.47. The quantitative estimate of drug-likeness (QED) is 0.520. The van der Waals surface area contributed by atoms with E-state index in [9.17, 15) is 9.90 Å². The molecular formula is C19H27N2NaO3. The van der Waals surface area contributed by atoms with Crippen LogP contribution in [0.25, 0.3) is 0 Å². The van der Waals surface area contributed by atoms with Crippen LogP contribution in [0.3, 0.4) is 0 Å².